The summed E-state index contributed by atoms with van der Waals surface area (Å²) in [7, 11) is 1.63. The highest BCUT2D eigenvalue weighted by Crippen LogP contribution is 2.41. The lowest BCUT2D eigenvalue weighted by Crippen LogP contribution is -2.09. The zero-order valence-corrected chi connectivity index (χ0v) is 12.7. The second-order valence-corrected chi connectivity index (χ2v) is 5.48. The van der Waals surface area contributed by atoms with Crippen LogP contribution in [0.4, 0.5) is 5.82 Å². The second-order valence-electron chi connectivity index (χ2n) is 5.48. The maximum atomic E-state index is 12.0. The number of hydrogen-bond acceptors (Lipinski definition) is 3. The molecule has 1 aromatic heterocycles. The molecule has 3 rings (SSSR count). The van der Waals surface area contributed by atoms with Gasteiger partial charge in [-0.05, 0) is 43.5 Å². The molecule has 0 unspecified atom stereocenters. The fraction of sp³-hybridized carbons (Fsp3) is 0.294. The highest BCUT2D eigenvalue weighted by molar-refractivity contribution is 6.01. The molecular formula is C17H19N3O2. The zero-order valence-electron chi connectivity index (χ0n) is 12.7. The molecule has 1 fully saturated rings. The number of ether oxygens (including phenoxy) is 1. The lowest BCUT2D eigenvalue weighted by atomic mass is 10.2. The molecule has 2 aromatic rings. The van der Waals surface area contributed by atoms with Gasteiger partial charge in [-0.2, -0.15) is 5.10 Å². The minimum Gasteiger partial charge on any atom is -0.497 e. The standard InChI is InChI=1S/C17H19N3O2/c1-11-16(13-6-7-13)19-20-17(11)18-15(21)10-5-12-3-8-14(22-2)9-4-12/h3-5,8-10,13H,6-7H2,1-2H3,(H2,18,19,20,21)/b10-5+. The lowest BCUT2D eigenvalue weighted by molar-refractivity contribution is -0.111. The molecule has 0 spiro atoms. The third kappa shape index (κ3) is 3.19. The van der Waals surface area contributed by atoms with Gasteiger partial charge in [0.1, 0.15) is 5.75 Å². The van der Waals surface area contributed by atoms with E-state index in [0.29, 0.717) is 11.7 Å². The summed E-state index contributed by atoms with van der Waals surface area (Å²) < 4.78 is 5.10. The summed E-state index contributed by atoms with van der Waals surface area (Å²) in [5.74, 6) is 1.81. The molecule has 1 aliphatic rings. The number of rotatable bonds is 5. The monoisotopic (exact) mass is 297 g/mol. The van der Waals surface area contributed by atoms with E-state index in [9.17, 15) is 4.79 Å². The first-order valence-corrected chi connectivity index (χ1v) is 7.35. The Hall–Kier alpha value is -2.56. The van der Waals surface area contributed by atoms with Crippen LogP contribution in [-0.4, -0.2) is 23.2 Å². The van der Waals surface area contributed by atoms with Crippen LogP contribution in [0, 0.1) is 6.92 Å². The van der Waals surface area contributed by atoms with Crippen LogP contribution in [0.25, 0.3) is 6.08 Å². The van der Waals surface area contributed by atoms with Crippen molar-refractivity contribution < 1.29 is 9.53 Å². The molecule has 0 aliphatic heterocycles. The Morgan fingerprint density at radius 2 is 2.09 bits per heavy atom. The van der Waals surface area contributed by atoms with E-state index in [1.54, 1.807) is 13.2 Å². The summed E-state index contributed by atoms with van der Waals surface area (Å²) in [6.07, 6.45) is 5.67. The van der Waals surface area contributed by atoms with Gasteiger partial charge in [-0.1, -0.05) is 12.1 Å². The van der Waals surface area contributed by atoms with Gasteiger partial charge in [0, 0.05) is 23.3 Å². The van der Waals surface area contributed by atoms with Crippen molar-refractivity contribution in [3.8, 4) is 5.75 Å². The predicted octanol–water partition coefficient (Wildman–Crippen LogP) is 3.26. The number of nitrogens with one attached hydrogen (secondary N) is 2. The van der Waals surface area contributed by atoms with Gasteiger partial charge in [0.2, 0.25) is 5.91 Å². The summed E-state index contributed by atoms with van der Waals surface area (Å²) in [5, 5.41) is 10.0. The largest absolute Gasteiger partial charge is 0.497 e. The number of hydrogen-bond donors (Lipinski definition) is 2. The van der Waals surface area contributed by atoms with Crippen LogP contribution < -0.4 is 10.1 Å². The number of carbonyl (C=O) groups excluding carboxylic acids is 1. The molecule has 5 heteroatoms. The van der Waals surface area contributed by atoms with Crippen molar-refractivity contribution in [1.82, 2.24) is 10.2 Å². The Kier molecular flexibility index (Phi) is 3.96. The Bertz CT molecular complexity index is 697. The van der Waals surface area contributed by atoms with Gasteiger partial charge < -0.3 is 10.1 Å². The maximum Gasteiger partial charge on any atom is 0.249 e. The van der Waals surface area contributed by atoms with Gasteiger partial charge in [0.25, 0.3) is 0 Å². The Balaban J connectivity index is 1.62. The van der Waals surface area contributed by atoms with E-state index in [-0.39, 0.29) is 5.91 Å². The van der Waals surface area contributed by atoms with Crippen LogP contribution in [0.3, 0.4) is 0 Å². The van der Waals surface area contributed by atoms with Crippen LogP contribution in [0.1, 0.15) is 35.6 Å². The zero-order chi connectivity index (χ0) is 15.5. The van der Waals surface area contributed by atoms with Crippen LogP contribution in [0.2, 0.25) is 0 Å². The van der Waals surface area contributed by atoms with Crippen molar-refractivity contribution in [3.63, 3.8) is 0 Å². The Labute approximate surface area is 129 Å². The van der Waals surface area contributed by atoms with Crippen LogP contribution in [-0.2, 0) is 4.79 Å². The minimum absolute atomic E-state index is 0.187. The summed E-state index contributed by atoms with van der Waals surface area (Å²) in [5.41, 5.74) is 3.12. The van der Waals surface area contributed by atoms with Gasteiger partial charge in [-0.25, -0.2) is 0 Å². The van der Waals surface area contributed by atoms with E-state index in [0.717, 1.165) is 22.6 Å². The maximum absolute atomic E-state index is 12.0. The molecule has 5 nitrogen and oxygen atoms in total. The van der Waals surface area contributed by atoms with Crippen molar-refractivity contribution in [3.05, 3.63) is 47.2 Å². The number of amides is 1. The normalized spacial score (nSPS) is 14.3. The first-order chi connectivity index (χ1) is 10.7. The summed E-state index contributed by atoms with van der Waals surface area (Å²) in [6.45, 7) is 1.99. The van der Waals surface area contributed by atoms with E-state index in [1.807, 2.05) is 31.2 Å². The van der Waals surface area contributed by atoms with Crippen molar-refractivity contribution in [2.24, 2.45) is 0 Å². The molecule has 0 atom stereocenters. The van der Waals surface area contributed by atoms with E-state index in [1.165, 1.54) is 18.9 Å². The molecule has 0 saturated heterocycles. The average Bonchev–Trinajstić information content (AvgIpc) is 3.31. The van der Waals surface area contributed by atoms with Crippen molar-refractivity contribution in [1.29, 1.82) is 0 Å². The molecule has 0 radical (unpaired) electrons. The molecule has 1 aromatic carbocycles. The third-order valence-corrected chi connectivity index (χ3v) is 3.82. The molecule has 2 N–H and O–H groups in total. The number of benzene rings is 1. The minimum atomic E-state index is -0.187. The first-order valence-electron chi connectivity index (χ1n) is 7.35. The molecule has 114 valence electrons. The molecule has 1 saturated carbocycles. The van der Waals surface area contributed by atoms with Crippen molar-refractivity contribution in [2.75, 3.05) is 12.4 Å². The van der Waals surface area contributed by atoms with E-state index in [2.05, 4.69) is 15.5 Å². The van der Waals surface area contributed by atoms with Gasteiger partial charge in [-0.3, -0.25) is 9.89 Å². The van der Waals surface area contributed by atoms with Gasteiger partial charge in [-0.15, -0.1) is 0 Å². The molecular weight excluding hydrogens is 278 g/mol. The van der Waals surface area contributed by atoms with Crippen LogP contribution in [0.5, 0.6) is 5.75 Å². The number of carbonyl (C=O) groups is 1. The smallest absolute Gasteiger partial charge is 0.249 e. The first kappa shape index (κ1) is 14.4. The van der Waals surface area contributed by atoms with E-state index >= 15 is 0 Å². The van der Waals surface area contributed by atoms with Crippen molar-refractivity contribution >= 4 is 17.8 Å². The highest BCUT2D eigenvalue weighted by Gasteiger charge is 2.28. The molecule has 1 amide bonds. The summed E-state index contributed by atoms with van der Waals surface area (Å²) >= 11 is 0. The number of aromatic amines is 1. The number of H-pyrrole nitrogens is 1. The van der Waals surface area contributed by atoms with Crippen LogP contribution in [0.15, 0.2) is 30.3 Å². The van der Waals surface area contributed by atoms with Gasteiger partial charge in [0.05, 0.1) is 7.11 Å². The van der Waals surface area contributed by atoms with E-state index < -0.39 is 0 Å². The quantitative estimate of drug-likeness (QED) is 0.832. The fourth-order valence-electron chi connectivity index (χ4n) is 2.35. The van der Waals surface area contributed by atoms with Gasteiger partial charge >= 0.3 is 0 Å². The second kappa shape index (κ2) is 6.05. The molecule has 1 aliphatic carbocycles. The molecule has 22 heavy (non-hydrogen) atoms. The Morgan fingerprint density at radius 1 is 1.36 bits per heavy atom. The number of aromatic nitrogens is 2. The molecule has 1 heterocycles. The highest BCUT2D eigenvalue weighted by atomic mass is 16.5. The summed E-state index contributed by atoms with van der Waals surface area (Å²) in [6, 6.07) is 7.51. The lowest BCUT2D eigenvalue weighted by Gasteiger charge is -2.01. The van der Waals surface area contributed by atoms with Gasteiger partial charge in [0.15, 0.2) is 5.82 Å². The SMILES string of the molecule is COc1ccc(/C=C/C(=O)Nc2n[nH]c(C3CC3)c2C)cc1. The number of nitrogens with zero attached hydrogens (tertiary/aromatic N) is 1. The third-order valence-electron chi connectivity index (χ3n) is 3.82. The van der Waals surface area contributed by atoms with E-state index in [4.69, 9.17) is 4.74 Å². The fourth-order valence-corrected chi connectivity index (χ4v) is 2.35. The Morgan fingerprint density at radius 3 is 2.73 bits per heavy atom. The summed E-state index contributed by atoms with van der Waals surface area (Å²) in [4.78, 5) is 12.0. The van der Waals surface area contributed by atoms with Crippen molar-refractivity contribution in [2.45, 2.75) is 25.7 Å². The van der Waals surface area contributed by atoms with Crippen LogP contribution >= 0.6 is 0 Å². The topological polar surface area (TPSA) is 67.0 Å². The average molecular weight is 297 g/mol. The number of methoxy groups -OCH3 is 1. The predicted molar refractivity (Wildman–Crippen MR) is 86.0 cm³/mol. The molecule has 0 bridgehead atoms. The number of anilines is 1.